The molecule has 2 aromatic rings. The minimum atomic E-state index is -0.383. The van der Waals surface area contributed by atoms with Crippen LogP contribution in [0.5, 0.6) is 0 Å². The van der Waals surface area contributed by atoms with Crippen molar-refractivity contribution in [3.05, 3.63) is 73.8 Å². The molecular formula is C23H20BrCl2NO2. The van der Waals surface area contributed by atoms with Gasteiger partial charge in [-0.05, 0) is 51.5 Å². The Bertz CT molecular complexity index is 1060. The number of carbonyl (C=O) groups excluding carboxylic acids is 2. The molecule has 0 saturated heterocycles. The van der Waals surface area contributed by atoms with Crippen molar-refractivity contribution in [1.29, 1.82) is 0 Å². The van der Waals surface area contributed by atoms with Crippen molar-refractivity contribution in [3.63, 3.8) is 0 Å². The molecule has 0 aromatic heterocycles. The van der Waals surface area contributed by atoms with Gasteiger partial charge in [0.2, 0.25) is 5.91 Å². The van der Waals surface area contributed by atoms with Crippen LogP contribution in [0.4, 0.5) is 5.69 Å². The number of amides is 1. The lowest BCUT2D eigenvalue weighted by molar-refractivity contribution is -0.121. The summed E-state index contributed by atoms with van der Waals surface area (Å²) >= 11 is 16.3. The van der Waals surface area contributed by atoms with Crippen LogP contribution in [-0.2, 0) is 9.59 Å². The second-order valence-electron chi connectivity index (χ2n) is 8.38. The molecule has 2 aromatic carbocycles. The quantitative estimate of drug-likeness (QED) is 0.456. The normalized spacial score (nSPS) is 21.4. The summed E-state index contributed by atoms with van der Waals surface area (Å²) in [7, 11) is 0. The Kier molecular flexibility index (Phi) is 5.39. The Hall–Kier alpha value is -1.62. The highest BCUT2D eigenvalue weighted by atomic mass is 79.9. The van der Waals surface area contributed by atoms with Gasteiger partial charge >= 0.3 is 0 Å². The maximum Gasteiger partial charge on any atom is 0.232 e. The van der Waals surface area contributed by atoms with Gasteiger partial charge in [0.25, 0.3) is 0 Å². The van der Waals surface area contributed by atoms with E-state index >= 15 is 0 Å². The summed E-state index contributed by atoms with van der Waals surface area (Å²) < 4.78 is 0.815. The maximum absolute atomic E-state index is 13.4. The fraction of sp³-hybridized carbons (Fsp3) is 0.304. The lowest BCUT2D eigenvalue weighted by Crippen LogP contribution is -2.44. The zero-order valence-electron chi connectivity index (χ0n) is 16.1. The molecule has 1 heterocycles. The van der Waals surface area contributed by atoms with Gasteiger partial charge in [-0.15, -0.1) is 0 Å². The Labute approximate surface area is 188 Å². The van der Waals surface area contributed by atoms with E-state index in [4.69, 9.17) is 23.2 Å². The Morgan fingerprint density at radius 2 is 1.76 bits per heavy atom. The van der Waals surface area contributed by atoms with E-state index in [1.807, 2.05) is 36.4 Å². The fourth-order valence-corrected chi connectivity index (χ4v) is 5.28. The molecule has 0 saturated carbocycles. The highest BCUT2D eigenvalue weighted by Gasteiger charge is 2.45. The predicted octanol–water partition coefficient (Wildman–Crippen LogP) is 6.92. The van der Waals surface area contributed by atoms with E-state index in [1.54, 1.807) is 11.0 Å². The number of anilines is 1. The average molecular weight is 493 g/mol. The molecule has 1 atom stereocenters. The van der Waals surface area contributed by atoms with Gasteiger partial charge in [-0.2, -0.15) is 0 Å². The minimum Gasteiger partial charge on any atom is -0.294 e. The number of halogens is 3. The first-order valence-corrected chi connectivity index (χ1v) is 11.0. The number of hydrogen-bond donors (Lipinski definition) is 0. The molecule has 0 radical (unpaired) electrons. The van der Waals surface area contributed by atoms with E-state index in [9.17, 15) is 9.59 Å². The summed E-state index contributed by atoms with van der Waals surface area (Å²) in [6, 6.07) is 13.0. The van der Waals surface area contributed by atoms with Crippen LogP contribution in [0, 0.1) is 5.41 Å². The standard InChI is InChI=1S/C23H20BrCl2NO2/c1-23(2)11-18-21(19(28)12-23)14(13-6-5-8-16(25)22(13)26)10-20(29)27(18)17-9-4-3-7-15(17)24/h3-9,14H,10-12H2,1-2H3. The molecule has 1 aliphatic carbocycles. The van der Waals surface area contributed by atoms with Crippen LogP contribution in [0.15, 0.2) is 58.2 Å². The van der Waals surface area contributed by atoms with E-state index in [0.29, 0.717) is 28.5 Å². The lowest BCUT2D eigenvalue weighted by Gasteiger charge is -2.43. The molecule has 0 spiro atoms. The minimum absolute atomic E-state index is 0.0535. The monoisotopic (exact) mass is 491 g/mol. The number of para-hydroxylation sites is 1. The number of rotatable bonds is 2. The Morgan fingerprint density at radius 3 is 2.48 bits per heavy atom. The fourth-order valence-electron chi connectivity index (χ4n) is 4.38. The highest BCUT2D eigenvalue weighted by Crippen LogP contribution is 2.50. The first kappa shape index (κ1) is 20.6. The van der Waals surface area contributed by atoms with Crippen molar-refractivity contribution in [3.8, 4) is 0 Å². The van der Waals surface area contributed by atoms with E-state index in [0.717, 1.165) is 21.4 Å². The summed E-state index contributed by atoms with van der Waals surface area (Å²) in [5.74, 6) is -0.366. The summed E-state index contributed by atoms with van der Waals surface area (Å²) in [5.41, 5.74) is 2.72. The molecule has 0 bridgehead atoms. The second-order valence-corrected chi connectivity index (χ2v) is 10.0. The molecule has 29 heavy (non-hydrogen) atoms. The van der Waals surface area contributed by atoms with Crippen molar-refractivity contribution in [2.75, 3.05) is 4.90 Å². The topological polar surface area (TPSA) is 37.4 Å². The first-order valence-electron chi connectivity index (χ1n) is 9.47. The first-order chi connectivity index (χ1) is 13.7. The van der Waals surface area contributed by atoms with Crippen molar-refractivity contribution in [1.82, 2.24) is 0 Å². The van der Waals surface area contributed by atoms with E-state index < -0.39 is 0 Å². The molecule has 1 unspecified atom stereocenters. The number of benzene rings is 2. The number of ketones is 1. The number of allylic oxidation sites excluding steroid dienone is 2. The summed E-state index contributed by atoms with van der Waals surface area (Å²) in [4.78, 5) is 28.4. The summed E-state index contributed by atoms with van der Waals surface area (Å²) in [6.45, 7) is 4.13. The van der Waals surface area contributed by atoms with Gasteiger partial charge in [0.05, 0.1) is 15.7 Å². The van der Waals surface area contributed by atoms with Crippen LogP contribution < -0.4 is 4.90 Å². The molecule has 0 N–H and O–H groups in total. The van der Waals surface area contributed by atoms with Crippen LogP contribution in [0.25, 0.3) is 0 Å². The van der Waals surface area contributed by atoms with E-state index in [2.05, 4.69) is 29.8 Å². The molecule has 1 amide bonds. The van der Waals surface area contributed by atoms with Crippen molar-refractivity contribution < 1.29 is 9.59 Å². The molecule has 6 heteroatoms. The third-order valence-electron chi connectivity index (χ3n) is 5.59. The van der Waals surface area contributed by atoms with Crippen LogP contribution in [0.2, 0.25) is 10.0 Å². The summed E-state index contributed by atoms with van der Waals surface area (Å²) in [6.07, 6.45) is 1.25. The van der Waals surface area contributed by atoms with Gasteiger partial charge in [0, 0.05) is 34.5 Å². The molecule has 150 valence electrons. The molecule has 3 nitrogen and oxygen atoms in total. The van der Waals surface area contributed by atoms with Gasteiger partial charge in [-0.3, -0.25) is 14.5 Å². The van der Waals surface area contributed by atoms with Crippen LogP contribution >= 0.6 is 39.1 Å². The zero-order chi connectivity index (χ0) is 20.9. The van der Waals surface area contributed by atoms with Crippen molar-refractivity contribution >= 4 is 56.5 Å². The Balaban J connectivity index is 1.95. The van der Waals surface area contributed by atoms with Gasteiger partial charge < -0.3 is 0 Å². The Morgan fingerprint density at radius 1 is 1.03 bits per heavy atom. The smallest absolute Gasteiger partial charge is 0.232 e. The van der Waals surface area contributed by atoms with Crippen molar-refractivity contribution in [2.45, 2.75) is 39.0 Å². The summed E-state index contributed by atoms with van der Waals surface area (Å²) in [5, 5.41) is 0.835. The molecule has 0 fully saturated rings. The molecule has 2 aliphatic rings. The predicted molar refractivity (Wildman–Crippen MR) is 120 cm³/mol. The van der Waals surface area contributed by atoms with Gasteiger partial charge in [-0.1, -0.05) is 61.3 Å². The average Bonchev–Trinajstić information content (AvgIpc) is 2.63. The maximum atomic E-state index is 13.4. The van der Waals surface area contributed by atoms with E-state index in [-0.39, 0.29) is 29.4 Å². The van der Waals surface area contributed by atoms with Gasteiger partial charge in [0.15, 0.2) is 5.78 Å². The number of carbonyl (C=O) groups is 2. The molecule has 4 rings (SSSR count). The third-order valence-corrected chi connectivity index (χ3v) is 7.10. The van der Waals surface area contributed by atoms with Crippen molar-refractivity contribution in [2.24, 2.45) is 5.41 Å². The number of Topliss-reactive ketones (excluding diaryl/α,β-unsaturated/α-hetero) is 1. The lowest BCUT2D eigenvalue weighted by atomic mass is 9.69. The molecule has 1 aliphatic heterocycles. The third kappa shape index (κ3) is 3.67. The number of hydrogen-bond acceptors (Lipinski definition) is 2. The van der Waals surface area contributed by atoms with Crippen LogP contribution in [0.1, 0.15) is 44.6 Å². The SMILES string of the molecule is CC1(C)CC(=O)C2=C(C1)N(c1ccccc1Br)C(=O)CC2c1cccc(Cl)c1Cl. The van der Waals surface area contributed by atoms with Gasteiger partial charge in [0.1, 0.15) is 0 Å². The zero-order valence-corrected chi connectivity index (χ0v) is 19.2. The van der Waals surface area contributed by atoms with Gasteiger partial charge in [-0.25, -0.2) is 0 Å². The van der Waals surface area contributed by atoms with E-state index in [1.165, 1.54) is 0 Å². The number of nitrogens with zero attached hydrogens (tertiary/aromatic N) is 1. The van der Waals surface area contributed by atoms with Crippen LogP contribution in [0.3, 0.4) is 0 Å². The molecular weight excluding hydrogens is 473 g/mol. The largest absolute Gasteiger partial charge is 0.294 e. The highest BCUT2D eigenvalue weighted by molar-refractivity contribution is 9.10. The second kappa shape index (κ2) is 7.57. The van der Waals surface area contributed by atoms with Crippen LogP contribution in [-0.4, -0.2) is 11.7 Å².